The Morgan fingerprint density at radius 3 is 2.60 bits per heavy atom. The molecule has 1 fully saturated rings. The van der Waals surface area contributed by atoms with E-state index < -0.39 is 10.0 Å². The van der Waals surface area contributed by atoms with E-state index in [2.05, 4.69) is 4.40 Å². The van der Waals surface area contributed by atoms with Crippen molar-refractivity contribution in [3.05, 3.63) is 35.4 Å². The fourth-order valence-electron chi connectivity index (χ4n) is 1.31. The Morgan fingerprint density at radius 1 is 1.33 bits per heavy atom. The third-order valence-electron chi connectivity index (χ3n) is 2.47. The molecule has 1 saturated carbocycles. The predicted octanol–water partition coefficient (Wildman–Crippen LogP) is 1.91. The molecule has 3 nitrogen and oxygen atoms in total. The van der Waals surface area contributed by atoms with Gasteiger partial charge in [-0.1, -0.05) is 24.3 Å². The van der Waals surface area contributed by atoms with Crippen molar-refractivity contribution in [3.8, 4) is 0 Å². The number of rotatable bonds is 3. The van der Waals surface area contributed by atoms with Crippen LogP contribution in [0.2, 0.25) is 0 Å². The van der Waals surface area contributed by atoms with Gasteiger partial charge >= 0.3 is 0 Å². The Kier molecular flexibility index (Phi) is 2.61. The van der Waals surface area contributed by atoms with Crippen molar-refractivity contribution in [2.75, 3.05) is 0 Å². The molecule has 80 valence electrons. The van der Waals surface area contributed by atoms with Gasteiger partial charge in [0.2, 0.25) is 0 Å². The normalized spacial score (nSPS) is 17.1. The van der Waals surface area contributed by atoms with Crippen LogP contribution in [0.25, 0.3) is 0 Å². The van der Waals surface area contributed by atoms with E-state index in [9.17, 15) is 8.42 Å². The fourth-order valence-corrected chi connectivity index (χ4v) is 2.48. The molecule has 0 bridgehead atoms. The molecule has 0 unspecified atom stereocenters. The van der Waals surface area contributed by atoms with Crippen LogP contribution in [0.5, 0.6) is 0 Å². The van der Waals surface area contributed by atoms with E-state index in [1.54, 1.807) is 0 Å². The molecule has 0 radical (unpaired) electrons. The Balaban J connectivity index is 2.22. The van der Waals surface area contributed by atoms with Crippen LogP contribution < -0.4 is 0 Å². The molecule has 1 aliphatic rings. The minimum atomic E-state index is -3.23. The van der Waals surface area contributed by atoms with E-state index in [1.807, 2.05) is 31.2 Å². The molecule has 0 saturated heterocycles. The van der Waals surface area contributed by atoms with Gasteiger partial charge in [0, 0.05) is 6.21 Å². The van der Waals surface area contributed by atoms with Crippen molar-refractivity contribution < 1.29 is 8.42 Å². The van der Waals surface area contributed by atoms with E-state index in [-0.39, 0.29) is 5.25 Å². The van der Waals surface area contributed by atoms with Crippen LogP contribution in [0, 0.1) is 6.92 Å². The molecule has 1 aromatic rings. The molecule has 1 aromatic carbocycles. The maximum absolute atomic E-state index is 11.5. The van der Waals surface area contributed by atoms with Crippen molar-refractivity contribution in [2.24, 2.45) is 4.40 Å². The first-order valence-electron chi connectivity index (χ1n) is 4.94. The number of aryl methyl sites for hydroxylation is 1. The summed E-state index contributed by atoms with van der Waals surface area (Å²) >= 11 is 0. The largest absolute Gasteiger partial charge is 0.255 e. The van der Waals surface area contributed by atoms with Gasteiger partial charge < -0.3 is 0 Å². The molecular weight excluding hydrogens is 210 g/mol. The summed E-state index contributed by atoms with van der Waals surface area (Å²) in [6.07, 6.45) is 2.96. The minimum Gasteiger partial charge on any atom is -0.204 e. The Bertz CT molecular complexity index is 487. The third-order valence-corrected chi connectivity index (χ3v) is 4.19. The zero-order chi connectivity index (χ0) is 10.9. The van der Waals surface area contributed by atoms with Gasteiger partial charge in [0.05, 0.1) is 5.25 Å². The predicted molar refractivity (Wildman–Crippen MR) is 60.7 cm³/mol. The van der Waals surface area contributed by atoms with E-state index in [0.29, 0.717) is 0 Å². The van der Waals surface area contributed by atoms with Crippen molar-refractivity contribution in [1.82, 2.24) is 0 Å². The zero-order valence-corrected chi connectivity index (χ0v) is 9.37. The first kappa shape index (κ1) is 10.4. The standard InChI is InChI=1S/C11H13NO2S/c1-9-4-2-3-5-10(9)8-12-15(13,14)11-6-7-11/h2-5,8,11H,6-7H2,1H3. The van der Waals surface area contributed by atoms with Crippen molar-refractivity contribution in [2.45, 2.75) is 25.0 Å². The summed E-state index contributed by atoms with van der Waals surface area (Å²) in [7, 11) is -3.23. The highest BCUT2D eigenvalue weighted by Crippen LogP contribution is 2.29. The van der Waals surface area contributed by atoms with Crippen LogP contribution in [0.15, 0.2) is 28.7 Å². The summed E-state index contributed by atoms with van der Waals surface area (Å²) < 4.78 is 26.7. The summed E-state index contributed by atoms with van der Waals surface area (Å²) in [6.45, 7) is 1.94. The molecule has 15 heavy (non-hydrogen) atoms. The van der Waals surface area contributed by atoms with Crippen LogP contribution in [-0.4, -0.2) is 19.9 Å². The molecule has 0 spiro atoms. The maximum atomic E-state index is 11.5. The van der Waals surface area contributed by atoms with Gasteiger partial charge in [-0.05, 0) is 30.9 Å². The Labute approximate surface area is 89.9 Å². The van der Waals surface area contributed by atoms with Crippen molar-refractivity contribution >= 4 is 16.2 Å². The van der Waals surface area contributed by atoms with Gasteiger partial charge in [0.1, 0.15) is 0 Å². The molecule has 0 N–H and O–H groups in total. The van der Waals surface area contributed by atoms with Crippen molar-refractivity contribution in [1.29, 1.82) is 0 Å². The molecule has 0 heterocycles. The lowest BCUT2D eigenvalue weighted by molar-refractivity contribution is 0.597. The summed E-state index contributed by atoms with van der Waals surface area (Å²) in [6, 6.07) is 7.59. The fraction of sp³-hybridized carbons (Fsp3) is 0.364. The van der Waals surface area contributed by atoms with Crippen LogP contribution in [0.1, 0.15) is 24.0 Å². The van der Waals surface area contributed by atoms with E-state index in [0.717, 1.165) is 24.0 Å². The Hall–Kier alpha value is -1.16. The number of benzene rings is 1. The quantitative estimate of drug-likeness (QED) is 0.735. The second-order valence-corrected chi connectivity index (χ2v) is 5.71. The van der Waals surface area contributed by atoms with Gasteiger partial charge in [-0.25, -0.2) is 8.42 Å². The summed E-state index contributed by atoms with van der Waals surface area (Å²) in [5.41, 5.74) is 1.90. The van der Waals surface area contributed by atoms with Gasteiger partial charge in [-0.15, -0.1) is 0 Å². The monoisotopic (exact) mass is 223 g/mol. The summed E-state index contributed by atoms with van der Waals surface area (Å²) in [5.74, 6) is 0. The highest BCUT2D eigenvalue weighted by Gasteiger charge is 2.35. The lowest BCUT2D eigenvalue weighted by atomic mass is 10.1. The maximum Gasteiger partial charge on any atom is 0.255 e. The van der Waals surface area contributed by atoms with E-state index in [1.165, 1.54) is 6.21 Å². The molecule has 1 aliphatic carbocycles. The van der Waals surface area contributed by atoms with Crippen molar-refractivity contribution in [3.63, 3.8) is 0 Å². The van der Waals surface area contributed by atoms with Gasteiger partial charge in [-0.3, -0.25) is 0 Å². The molecule has 0 atom stereocenters. The third kappa shape index (κ3) is 2.45. The van der Waals surface area contributed by atoms with Crippen LogP contribution in [0.3, 0.4) is 0 Å². The molecule has 2 rings (SSSR count). The number of hydrogen-bond donors (Lipinski definition) is 0. The lowest BCUT2D eigenvalue weighted by Gasteiger charge is -1.98. The second kappa shape index (κ2) is 3.77. The van der Waals surface area contributed by atoms with Gasteiger partial charge in [-0.2, -0.15) is 4.40 Å². The topological polar surface area (TPSA) is 46.5 Å². The number of hydrogen-bond acceptors (Lipinski definition) is 2. The highest BCUT2D eigenvalue weighted by molar-refractivity contribution is 7.91. The van der Waals surface area contributed by atoms with Gasteiger partial charge in [0.25, 0.3) is 10.0 Å². The van der Waals surface area contributed by atoms with E-state index in [4.69, 9.17) is 0 Å². The Morgan fingerprint density at radius 2 is 2.00 bits per heavy atom. The lowest BCUT2D eigenvalue weighted by Crippen LogP contribution is -2.03. The molecule has 4 heteroatoms. The van der Waals surface area contributed by atoms with E-state index >= 15 is 0 Å². The smallest absolute Gasteiger partial charge is 0.204 e. The van der Waals surface area contributed by atoms with Crippen LogP contribution >= 0.6 is 0 Å². The summed E-state index contributed by atoms with van der Waals surface area (Å²) in [4.78, 5) is 0. The van der Waals surface area contributed by atoms with Crippen LogP contribution in [-0.2, 0) is 10.0 Å². The first-order chi connectivity index (χ1) is 7.09. The summed E-state index contributed by atoms with van der Waals surface area (Å²) in [5, 5.41) is -0.224. The molecule has 0 aromatic heterocycles. The van der Waals surface area contributed by atoms with Crippen LogP contribution in [0.4, 0.5) is 0 Å². The van der Waals surface area contributed by atoms with Gasteiger partial charge in [0.15, 0.2) is 0 Å². The SMILES string of the molecule is Cc1ccccc1C=NS(=O)(=O)C1CC1. The molecular formula is C11H13NO2S. The average molecular weight is 223 g/mol. The second-order valence-electron chi connectivity index (χ2n) is 3.81. The number of nitrogens with zero attached hydrogens (tertiary/aromatic N) is 1. The molecule has 0 aliphatic heterocycles. The highest BCUT2D eigenvalue weighted by atomic mass is 32.2. The zero-order valence-electron chi connectivity index (χ0n) is 8.55. The molecule has 0 amide bonds. The minimum absolute atomic E-state index is 0.224. The average Bonchev–Trinajstić information content (AvgIpc) is 3.00. The first-order valence-corrected chi connectivity index (χ1v) is 6.45. The number of sulfonamides is 1.